The lowest BCUT2D eigenvalue weighted by atomic mass is 10.2. The number of carbonyl (C=O) groups is 2. The highest BCUT2D eigenvalue weighted by atomic mass is 35.5. The van der Waals surface area contributed by atoms with E-state index < -0.39 is 0 Å². The second-order valence-electron chi connectivity index (χ2n) is 7.51. The minimum absolute atomic E-state index is 0.0442. The molecule has 0 atom stereocenters. The number of halogens is 2. The summed E-state index contributed by atoms with van der Waals surface area (Å²) in [4.78, 5) is 34.6. The summed E-state index contributed by atoms with van der Waals surface area (Å²) in [5.74, 6) is -0.0442. The molecule has 0 radical (unpaired) electrons. The maximum absolute atomic E-state index is 13.2. The molecule has 0 saturated carbocycles. The molecule has 1 aliphatic heterocycles. The molecule has 1 N–H and O–H groups in total. The van der Waals surface area contributed by atoms with Crippen molar-refractivity contribution >= 4 is 52.2 Å². The number of benzene rings is 2. The van der Waals surface area contributed by atoms with Crippen LogP contribution in [0.5, 0.6) is 0 Å². The minimum Gasteiger partial charge on any atom is -0.336 e. The quantitative estimate of drug-likeness (QED) is 0.505. The van der Waals surface area contributed by atoms with Crippen molar-refractivity contribution < 1.29 is 9.59 Å². The molecule has 0 unspecified atom stereocenters. The van der Waals surface area contributed by atoms with Crippen LogP contribution in [0.1, 0.15) is 21.8 Å². The first kappa shape index (κ1) is 22.6. The molecular formula is C23H22Cl2N4O2S. The third kappa shape index (κ3) is 5.23. The number of urea groups is 1. The van der Waals surface area contributed by atoms with Crippen molar-refractivity contribution in [1.29, 1.82) is 0 Å². The van der Waals surface area contributed by atoms with Gasteiger partial charge in [-0.05, 0) is 43.7 Å². The predicted molar refractivity (Wildman–Crippen MR) is 130 cm³/mol. The monoisotopic (exact) mass is 488 g/mol. The van der Waals surface area contributed by atoms with Gasteiger partial charge in [0.1, 0.15) is 9.88 Å². The van der Waals surface area contributed by atoms with Crippen LogP contribution in [0.2, 0.25) is 10.0 Å². The topological polar surface area (TPSA) is 65.5 Å². The number of nitrogens with one attached hydrogen (secondary N) is 1. The van der Waals surface area contributed by atoms with E-state index in [-0.39, 0.29) is 11.9 Å². The van der Waals surface area contributed by atoms with Gasteiger partial charge in [-0.1, -0.05) is 41.4 Å². The van der Waals surface area contributed by atoms with Crippen LogP contribution in [0.3, 0.4) is 0 Å². The van der Waals surface area contributed by atoms with Crippen molar-refractivity contribution in [2.75, 3.05) is 31.5 Å². The Kier molecular flexibility index (Phi) is 6.98. The van der Waals surface area contributed by atoms with E-state index in [1.54, 1.807) is 34.1 Å². The lowest BCUT2D eigenvalue weighted by Gasteiger charge is -2.22. The lowest BCUT2D eigenvalue weighted by molar-refractivity contribution is 0.0766. The van der Waals surface area contributed by atoms with Crippen molar-refractivity contribution in [3.63, 3.8) is 0 Å². The molecule has 3 amide bonds. The van der Waals surface area contributed by atoms with Crippen LogP contribution >= 0.6 is 34.5 Å². The summed E-state index contributed by atoms with van der Waals surface area (Å²) in [5, 5.41) is 4.89. The Hall–Kier alpha value is -2.61. The Bertz CT molecular complexity index is 1130. The zero-order valence-electron chi connectivity index (χ0n) is 17.5. The van der Waals surface area contributed by atoms with Crippen LogP contribution in [0, 0.1) is 6.92 Å². The first-order valence-corrected chi connectivity index (χ1v) is 11.8. The fraction of sp³-hybridized carbons (Fsp3) is 0.261. The zero-order valence-corrected chi connectivity index (χ0v) is 19.8. The lowest BCUT2D eigenvalue weighted by Crippen LogP contribution is -2.39. The van der Waals surface area contributed by atoms with Crippen LogP contribution < -0.4 is 5.32 Å². The smallest absolute Gasteiger partial charge is 0.321 e. The number of carbonyl (C=O) groups excluding carboxylic acids is 2. The van der Waals surface area contributed by atoms with E-state index in [0.717, 1.165) is 10.6 Å². The van der Waals surface area contributed by atoms with Crippen molar-refractivity contribution in [2.24, 2.45) is 0 Å². The molecule has 1 aliphatic rings. The summed E-state index contributed by atoms with van der Waals surface area (Å²) < 4.78 is 0. The van der Waals surface area contributed by atoms with Crippen molar-refractivity contribution in [2.45, 2.75) is 13.3 Å². The Morgan fingerprint density at radius 1 is 0.969 bits per heavy atom. The van der Waals surface area contributed by atoms with Crippen LogP contribution in [-0.4, -0.2) is 52.9 Å². The summed E-state index contributed by atoms with van der Waals surface area (Å²) in [6, 6.07) is 14.3. The van der Waals surface area contributed by atoms with Crippen LogP contribution in [0.15, 0.2) is 48.5 Å². The second-order valence-corrected chi connectivity index (χ2v) is 9.39. The van der Waals surface area contributed by atoms with Gasteiger partial charge < -0.3 is 15.1 Å². The van der Waals surface area contributed by atoms with E-state index in [0.29, 0.717) is 58.9 Å². The fourth-order valence-corrected chi connectivity index (χ4v) is 4.90. The predicted octanol–water partition coefficient (Wildman–Crippen LogP) is 5.81. The van der Waals surface area contributed by atoms with Gasteiger partial charge in [-0.3, -0.25) is 4.79 Å². The number of nitrogens with zero attached hydrogens (tertiary/aromatic N) is 3. The minimum atomic E-state index is -0.194. The number of hydrogen-bond donors (Lipinski definition) is 1. The highest BCUT2D eigenvalue weighted by Crippen LogP contribution is 2.30. The van der Waals surface area contributed by atoms with Crippen molar-refractivity contribution in [3.8, 4) is 10.6 Å². The van der Waals surface area contributed by atoms with Gasteiger partial charge in [-0.25, -0.2) is 9.78 Å². The SMILES string of the molecule is Cc1nc(-c2ccc(Cl)cc2)sc1C(=O)N1CCCN(C(=O)Nc2cccc(Cl)c2)CC1. The van der Waals surface area contributed by atoms with Gasteiger partial charge in [0.25, 0.3) is 5.91 Å². The Morgan fingerprint density at radius 2 is 1.69 bits per heavy atom. The molecule has 4 rings (SSSR count). The highest BCUT2D eigenvalue weighted by molar-refractivity contribution is 7.17. The van der Waals surface area contributed by atoms with E-state index >= 15 is 0 Å². The molecule has 2 aromatic carbocycles. The Balaban J connectivity index is 1.41. The van der Waals surface area contributed by atoms with Gasteiger partial charge in [-0.2, -0.15) is 0 Å². The Morgan fingerprint density at radius 3 is 2.44 bits per heavy atom. The number of hydrogen-bond acceptors (Lipinski definition) is 4. The number of aryl methyl sites for hydroxylation is 1. The van der Waals surface area contributed by atoms with Crippen LogP contribution in [0.4, 0.5) is 10.5 Å². The molecule has 1 saturated heterocycles. The van der Waals surface area contributed by atoms with Crippen molar-refractivity contribution in [1.82, 2.24) is 14.8 Å². The van der Waals surface area contributed by atoms with Gasteiger partial charge in [-0.15, -0.1) is 11.3 Å². The number of rotatable bonds is 3. The summed E-state index contributed by atoms with van der Waals surface area (Å²) in [7, 11) is 0. The highest BCUT2D eigenvalue weighted by Gasteiger charge is 2.26. The third-order valence-electron chi connectivity index (χ3n) is 5.23. The molecule has 1 fully saturated rings. The number of amides is 3. The summed E-state index contributed by atoms with van der Waals surface area (Å²) in [5.41, 5.74) is 2.29. The number of aromatic nitrogens is 1. The van der Waals surface area contributed by atoms with E-state index in [1.807, 2.05) is 31.2 Å². The first-order valence-electron chi connectivity index (χ1n) is 10.2. The zero-order chi connectivity index (χ0) is 22.7. The summed E-state index contributed by atoms with van der Waals surface area (Å²) in [6.45, 7) is 3.95. The van der Waals surface area contributed by atoms with Gasteiger partial charge in [0.2, 0.25) is 0 Å². The van der Waals surface area contributed by atoms with E-state index in [9.17, 15) is 9.59 Å². The van der Waals surface area contributed by atoms with E-state index in [2.05, 4.69) is 10.3 Å². The summed E-state index contributed by atoms with van der Waals surface area (Å²) in [6.07, 6.45) is 0.705. The Labute approximate surface area is 200 Å². The summed E-state index contributed by atoms with van der Waals surface area (Å²) >= 11 is 13.4. The normalized spacial score (nSPS) is 14.2. The number of thiazole rings is 1. The molecule has 1 aromatic heterocycles. The van der Waals surface area contributed by atoms with Crippen molar-refractivity contribution in [3.05, 3.63) is 69.1 Å². The molecule has 166 valence electrons. The number of anilines is 1. The first-order chi connectivity index (χ1) is 15.4. The van der Waals surface area contributed by atoms with E-state index in [1.165, 1.54) is 11.3 Å². The molecule has 6 nitrogen and oxygen atoms in total. The molecule has 0 spiro atoms. The molecule has 3 aromatic rings. The van der Waals surface area contributed by atoms with Gasteiger partial charge in [0.15, 0.2) is 0 Å². The fourth-order valence-electron chi connectivity index (χ4n) is 3.55. The average Bonchev–Trinajstić information content (AvgIpc) is 2.99. The van der Waals surface area contributed by atoms with Gasteiger partial charge in [0, 0.05) is 47.5 Å². The van der Waals surface area contributed by atoms with Gasteiger partial charge >= 0.3 is 6.03 Å². The molecule has 0 bridgehead atoms. The van der Waals surface area contributed by atoms with E-state index in [4.69, 9.17) is 23.2 Å². The maximum atomic E-state index is 13.2. The standard InChI is InChI=1S/C23H22Cl2N4O2S/c1-15-20(32-21(26-15)16-6-8-17(24)9-7-16)22(30)28-10-3-11-29(13-12-28)23(31)27-19-5-2-4-18(25)14-19/h2,4-9,14H,3,10-13H2,1H3,(H,27,31). The molecule has 32 heavy (non-hydrogen) atoms. The van der Waals surface area contributed by atoms with Crippen LogP contribution in [-0.2, 0) is 0 Å². The molecule has 9 heteroatoms. The largest absolute Gasteiger partial charge is 0.336 e. The van der Waals surface area contributed by atoms with Gasteiger partial charge in [0.05, 0.1) is 5.69 Å². The average molecular weight is 489 g/mol. The maximum Gasteiger partial charge on any atom is 0.321 e. The molecule has 2 heterocycles. The van der Waals surface area contributed by atoms with Crippen LogP contribution in [0.25, 0.3) is 10.6 Å². The molecule has 0 aliphatic carbocycles. The molecular weight excluding hydrogens is 467 g/mol. The third-order valence-corrected chi connectivity index (χ3v) is 6.91. The second kappa shape index (κ2) is 9.90.